The first-order valence-electron chi connectivity index (χ1n) is 15.3. The average Bonchev–Trinajstić information content (AvgIpc) is 3.57. The second-order valence-electron chi connectivity index (χ2n) is 11.1. The van der Waals surface area contributed by atoms with Gasteiger partial charge in [-0.1, -0.05) is 84.9 Å². The molecule has 0 saturated carbocycles. The third-order valence-electron chi connectivity index (χ3n) is 8.16. The molecule has 0 radical (unpaired) electrons. The van der Waals surface area contributed by atoms with E-state index in [1.807, 2.05) is 36.4 Å². The average molecular weight is 695 g/mol. The number of methoxy groups -OCH3 is 3. The normalized spacial score (nSPS) is 15.9. The number of aliphatic hydroxyl groups excluding tert-OH is 1. The number of nitrogens with zero attached hydrogens (tertiary/aromatic N) is 3. The van der Waals surface area contributed by atoms with Crippen LogP contribution in [0, 0.1) is 0 Å². The smallest absolute Gasteiger partial charge is 0.331 e. The summed E-state index contributed by atoms with van der Waals surface area (Å²) in [6.45, 7) is 1.43. The number of hydrogen-bond donors (Lipinski definition) is 2. The Morgan fingerprint density at radius 1 is 0.896 bits per heavy atom. The minimum absolute atomic E-state index is 0. The molecule has 0 spiro atoms. The molecule has 0 bridgehead atoms. The van der Waals surface area contributed by atoms with Gasteiger partial charge in [-0.2, -0.15) is 0 Å². The van der Waals surface area contributed by atoms with Crippen LogP contribution in [0.25, 0.3) is 5.32 Å². The molecule has 4 aromatic rings. The summed E-state index contributed by atoms with van der Waals surface area (Å²) in [6.07, 6.45) is -0.0226. The van der Waals surface area contributed by atoms with Gasteiger partial charge in [0.1, 0.15) is 6.10 Å². The number of likely N-dealkylation sites (tertiary alicyclic amines) is 1. The molecular weight excluding hydrogens is 657 g/mol. The van der Waals surface area contributed by atoms with Crippen LogP contribution in [0.2, 0.25) is 0 Å². The topological polar surface area (TPSA) is 132 Å². The Hall–Kier alpha value is -4.70. The Balaban J connectivity index is 0.00000520. The zero-order valence-electron chi connectivity index (χ0n) is 26.9. The number of carboxylic acid groups (broad SMARTS) is 1. The third-order valence-corrected chi connectivity index (χ3v) is 8.16. The quantitative estimate of drug-likeness (QED) is 0.130. The molecule has 1 fully saturated rings. The van der Waals surface area contributed by atoms with Gasteiger partial charge in [-0.3, -0.25) is 9.89 Å². The Morgan fingerprint density at radius 2 is 1.50 bits per heavy atom. The zero-order valence-corrected chi connectivity index (χ0v) is 27.9. The molecule has 0 aliphatic carbocycles. The van der Waals surface area contributed by atoms with Crippen LogP contribution in [-0.4, -0.2) is 72.7 Å². The van der Waals surface area contributed by atoms with Gasteiger partial charge in [-0.15, -0.1) is 5.69 Å². The van der Waals surface area contributed by atoms with Gasteiger partial charge >= 0.3 is 5.97 Å². The van der Waals surface area contributed by atoms with Crippen molar-refractivity contribution >= 4 is 23.3 Å². The van der Waals surface area contributed by atoms with E-state index >= 15 is 0 Å². The van der Waals surface area contributed by atoms with E-state index in [0.29, 0.717) is 35.5 Å². The van der Waals surface area contributed by atoms with Crippen LogP contribution in [0.3, 0.4) is 0 Å². The number of ether oxygens (including phenoxy) is 3. The predicted octanol–water partition coefficient (Wildman–Crippen LogP) is 5.93. The van der Waals surface area contributed by atoms with Crippen LogP contribution in [0.5, 0.6) is 17.2 Å². The van der Waals surface area contributed by atoms with Crippen LogP contribution in [-0.2, 0) is 32.6 Å². The summed E-state index contributed by atoms with van der Waals surface area (Å²) < 4.78 is 16.2. The van der Waals surface area contributed by atoms with Gasteiger partial charge in [-0.05, 0) is 48.2 Å². The number of para-hydroxylation sites is 1. The van der Waals surface area contributed by atoms with Crippen LogP contribution in [0.4, 0.5) is 5.69 Å². The molecular formula is C37H38N3NiO7-. The molecule has 1 heterocycles. The van der Waals surface area contributed by atoms with Crippen molar-refractivity contribution in [2.75, 3.05) is 27.9 Å². The summed E-state index contributed by atoms with van der Waals surface area (Å²) in [7, 11) is 4.32. The van der Waals surface area contributed by atoms with Crippen molar-refractivity contribution in [3.63, 3.8) is 0 Å². The fraction of sp³-hybridized carbons (Fsp3) is 0.270. The number of benzene rings is 4. The van der Waals surface area contributed by atoms with Gasteiger partial charge in [0, 0.05) is 28.6 Å². The van der Waals surface area contributed by atoms with E-state index in [0.717, 1.165) is 18.5 Å². The fourth-order valence-corrected chi connectivity index (χ4v) is 5.83. The minimum atomic E-state index is -1.65. The van der Waals surface area contributed by atoms with E-state index < -0.39 is 18.1 Å². The molecule has 11 heteroatoms. The number of amides is 1. The monoisotopic (exact) mass is 694 g/mol. The standard InChI is InChI=1S/C37H39N3O7.Ni/c1-45-30-21-26(22-31(46-2)35(30)47-3)34(41)33(37(43)44)39-32(25-15-8-5-9-16-25)27-17-10-11-18-28(27)38-36(42)29-19-12-20-40(29)23-24-13-6-4-7-14-24;/h4-11,13-18,21-22,29,33-34,41H,12,19-20,23H2,1-3H3,(H2,38,39,42,43,44);/p-1/t29-,33+,34-;/m0./s1. The summed E-state index contributed by atoms with van der Waals surface area (Å²) >= 11 is 0. The number of carbonyl (C=O) groups is 2. The molecule has 0 aromatic heterocycles. The van der Waals surface area contributed by atoms with Gasteiger partial charge in [0.15, 0.2) is 17.5 Å². The molecule has 2 N–H and O–H groups in total. The third kappa shape index (κ3) is 8.23. The maximum atomic E-state index is 13.7. The van der Waals surface area contributed by atoms with E-state index in [9.17, 15) is 19.8 Å². The number of carbonyl (C=O) groups excluding carboxylic acids is 1. The van der Waals surface area contributed by atoms with E-state index in [-0.39, 0.29) is 51.2 Å². The largest absolute Gasteiger partial charge is 0.625 e. The first-order valence-corrected chi connectivity index (χ1v) is 15.3. The Labute approximate surface area is 290 Å². The zero-order chi connectivity index (χ0) is 33.3. The first-order chi connectivity index (χ1) is 22.8. The van der Waals surface area contributed by atoms with Crippen LogP contribution < -0.4 is 14.2 Å². The number of hydrogen-bond acceptors (Lipinski definition) is 8. The second-order valence-corrected chi connectivity index (χ2v) is 11.1. The summed E-state index contributed by atoms with van der Waals surface area (Å²) in [6, 6.07) is 27.0. The molecule has 1 aliphatic heterocycles. The molecule has 254 valence electrons. The second kappa shape index (κ2) is 16.9. The fourth-order valence-electron chi connectivity index (χ4n) is 5.83. The van der Waals surface area contributed by atoms with Gasteiger partial charge in [-0.25, -0.2) is 4.79 Å². The Kier molecular flexibility index (Phi) is 12.7. The Bertz CT molecular complexity index is 1690. The summed E-state index contributed by atoms with van der Waals surface area (Å²) in [5, 5.41) is 26.4. The van der Waals surface area contributed by atoms with Crippen molar-refractivity contribution in [3.05, 3.63) is 125 Å². The van der Waals surface area contributed by atoms with Crippen LogP contribution >= 0.6 is 0 Å². The van der Waals surface area contributed by atoms with Crippen molar-refractivity contribution in [2.45, 2.75) is 37.6 Å². The van der Waals surface area contributed by atoms with Crippen molar-refractivity contribution in [1.29, 1.82) is 0 Å². The molecule has 1 saturated heterocycles. The number of rotatable bonds is 13. The van der Waals surface area contributed by atoms with E-state index in [4.69, 9.17) is 14.2 Å². The van der Waals surface area contributed by atoms with E-state index in [1.54, 1.807) is 48.5 Å². The number of carboxylic acids is 1. The molecule has 10 nitrogen and oxygen atoms in total. The SMILES string of the molecule is COc1cc([C@H](O)[C@@H](N=C(c2ccccc2)c2ccccc2[N-]C(=O)[C@@H]2CCCN2Cc2ccccc2)C(=O)O)cc(OC)c1OC.[Ni]. The van der Waals surface area contributed by atoms with Crippen molar-refractivity contribution in [3.8, 4) is 17.2 Å². The molecule has 0 unspecified atom stereocenters. The maximum Gasteiger partial charge on any atom is 0.331 e. The van der Waals surface area contributed by atoms with Crippen molar-refractivity contribution < 1.29 is 50.5 Å². The van der Waals surface area contributed by atoms with Crippen molar-refractivity contribution in [2.24, 2.45) is 4.99 Å². The number of aliphatic imine (C=N–C) groups is 1. The van der Waals surface area contributed by atoms with Gasteiger partial charge in [0.25, 0.3) is 0 Å². The van der Waals surface area contributed by atoms with Crippen molar-refractivity contribution in [1.82, 2.24) is 4.90 Å². The molecule has 4 aromatic carbocycles. The molecule has 3 atom stereocenters. The van der Waals surface area contributed by atoms with Gasteiger partial charge < -0.3 is 34.5 Å². The van der Waals surface area contributed by atoms with Crippen LogP contribution in [0.15, 0.2) is 102 Å². The van der Waals surface area contributed by atoms with Gasteiger partial charge in [0.2, 0.25) is 5.75 Å². The number of aliphatic carboxylic acids is 1. The molecule has 1 aliphatic rings. The summed E-state index contributed by atoms with van der Waals surface area (Å²) in [5.41, 5.74) is 3.01. The molecule has 48 heavy (non-hydrogen) atoms. The van der Waals surface area contributed by atoms with Gasteiger partial charge in [0.05, 0.1) is 39.0 Å². The van der Waals surface area contributed by atoms with Crippen LogP contribution in [0.1, 0.15) is 41.2 Å². The Morgan fingerprint density at radius 3 is 2.10 bits per heavy atom. The maximum absolute atomic E-state index is 13.7. The molecule has 1 amide bonds. The predicted molar refractivity (Wildman–Crippen MR) is 179 cm³/mol. The first kappa shape index (κ1) is 36.1. The number of aliphatic hydroxyl groups is 1. The van der Waals surface area contributed by atoms with E-state index in [2.05, 4.69) is 15.2 Å². The minimum Gasteiger partial charge on any atom is -0.625 e. The summed E-state index contributed by atoms with van der Waals surface area (Å²) in [4.78, 5) is 33.2. The van der Waals surface area contributed by atoms with E-state index in [1.165, 1.54) is 33.5 Å². The molecule has 5 rings (SSSR count). The summed E-state index contributed by atoms with van der Waals surface area (Å²) in [5.74, 6) is -0.810.